The van der Waals surface area contributed by atoms with Gasteiger partial charge in [0, 0.05) is 5.92 Å². The number of nitrogens with two attached hydrogens (primary N) is 1. The molecule has 0 bridgehead atoms. The summed E-state index contributed by atoms with van der Waals surface area (Å²) in [6, 6.07) is 0. The van der Waals surface area contributed by atoms with Crippen LogP contribution in [0.3, 0.4) is 0 Å². The lowest BCUT2D eigenvalue weighted by molar-refractivity contribution is -0.128. The lowest BCUT2D eigenvalue weighted by Crippen LogP contribution is -2.48. The molecule has 0 spiro atoms. The fraction of sp³-hybridized carbons (Fsp3) is 0.846. The van der Waals surface area contributed by atoms with Crippen LogP contribution in [-0.4, -0.2) is 33.1 Å². The Balaban J connectivity index is 0.00000161. The number of nitrogens with one attached hydrogen (secondary N) is 2. The molecule has 2 atom stereocenters. The van der Waals surface area contributed by atoms with Gasteiger partial charge in [-0.2, -0.15) is 5.21 Å². The highest BCUT2D eigenvalue weighted by Gasteiger charge is 2.43. The molecule has 0 aliphatic heterocycles. The smallest absolute Gasteiger partial charge is 0.224 e. The minimum Gasteiger partial charge on any atom is -0.343 e. The highest BCUT2D eigenvalue weighted by atomic mass is 35.5. The van der Waals surface area contributed by atoms with E-state index in [1.54, 1.807) is 0 Å². The molecule has 7 nitrogen and oxygen atoms in total. The van der Waals surface area contributed by atoms with Crippen LogP contribution in [0.2, 0.25) is 0 Å². The highest BCUT2D eigenvalue weighted by Crippen LogP contribution is 2.38. The van der Waals surface area contributed by atoms with E-state index in [4.69, 9.17) is 5.73 Å². The van der Waals surface area contributed by atoms with E-state index in [-0.39, 0.29) is 24.2 Å². The van der Waals surface area contributed by atoms with E-state index in [0.717, 1.165) is 44.9 Å². The molecule has 1 heterocycles. The SMILES string of the molecule is Cl.NC[C@H]1CCC[C@H]1C(=O)NC1(c2nn[nH]n2)CCCC1. The van der Waals surface area contributed by atoms with Gasteiger partial charge in [-0.25, -0.2) is 0 Å². The van der Waals surface area contributed by atoms with Crippen LogP contribution >= 0.6 is 12.4 Å². The molecule has 8 heteroatoms. The Morgan fingerprint density at radius 1 is 1.33 bits per heavy atom. The zero-order valence-electron chi connectivity index (χ0n) is 12.0. The maximum atomic E-state index is 12.6. The van der Waals surface area contributed by atoms with Gasteiger partial charge >= 0.3 is 0 Å². The number of amides is 1. The summed E-state index contributed by atoms with van der Waals surface area (Å²) in [5.41, 5.74) is 5.35. The van der Waals surface area contributed by atoms with Crippen molar-refractivity contribution in [2.45, 2.75) is 50.5 Å². The summed E-state index contributed by atoms with van der Waals surface area (Å²) in [5.74, 6) is 1.10. The van der Waals surface area contributed by atoms with E-state index in [0.29, 0.717) is 18.3 Å². The molecule has 1 aromatic rings. The summed E-state index contributed by atoms with van der Waals surface area (Å²) in [7, 11) is 0. The molecule has 0 saturated heterocycles. The molecule has 118 valence electrons. The first-order valence-electron chi connectivity index (χ1n) is 7.51. The first-order valence-corrected chi connectivity index (χ1v) is 7.51. The Morgan fingerprint density at radius 3 is 2.71 bits per heavy atom. The number of aromatic nitrogens is 4. The molecule has 2 aliphatic rings. The molecule has 21 heavy (non-hydrogen) atoms. The zero-order valence-corrected chi connectivity index (χ0v) is 12.9. The van der Waals surface area contributed by atoms with Crippen LogP contribution in [0.1, 0.15) is 50.8 Å². The molecular weight excluding hydrogens is 292 g/mol. The molecule has 3 rings (SSSR count). The average Bonchev–Trinajstić information content (AvgIpc) is 3.19. The van der Waals surface area contributed by atoms with Crippen molar-refractivity contribution in [1.29, 1.82) is 0 Å². The summed E-state index contributed by atoms with van der Waals surface area (Å²) in [6.45, 7) is 0.591. The van der Waals surface area contributed by atoms with Crippen molar-refractivity contribution in [1.82, 2.24) is 25.9 Å². The second-order valence-electron chi connectivity index (χ2n) is 6.05. The summed E-state index contributed by atoms with van der Waals surface area (Å²) in [5, 5.41) is 17.6. The van der Waals surface area contributed by atoms with Crippen molar-refractivity contribution in [2.75, 3.05) is 6.54 Å². The van der Waals surface area contributed by atoms with Crippen molar-refractivity contribution in [3.05, 3.63) is 5.82 Å². The maximum absolute atomic E-state index is 12.6. The number of rotatable bonds is 4. The number of tetrazole rings is 1. The highest BCUT2D eigenvalue weighted by molar-refractivity contribution is 5.85. The standard InChI is InChI=1S/C13H22N6O.ClH/c14-8-9-4-3-5-10(9)11(20)15-13(6-1-2-7-13)12-16-18-19-17-12;/h9-10H,1-8,14H2,(H,15,20)(H,16,17,18,19);1H/t9-,10-;/m1./s1. The molecule has 1 amide bonds. The molecule has 1 aromatic heterocycles. The molecular formula is C13H23ClN6O. The predicted octanol–water partition coefficient (Wildman–Crippen LogP) is 0.882. The van der Waals surface area contributed by atoms with Crippen molar-refractivity contribution in [3.8, 4) is 0 Å². The normalized spacial score (nSPS) is 27.3. The number of hydrogen-bond acceptors (Lipinski definition) is 5. The average molecular weight is 315 g/mol. The summed E-state index contributed by atoms with van der Waals surface area (Å²) in [4.78, 5) is 12.6. The Morgan fingerprint density at radius 2 is 2.10 bits per heavy atom. The van der Waals surface area contributed by atoms with Crippen molar-refractivity contribution in [2.24, 2.45) is 17.6 Å². The third-order valence-corrected chi connectivity index (χ3v) is 4.89. The number of carbonyl (C=O) groups excluding carboxylic acids is 1. The van der Waals surface area contributed by atoms with Gasteiger partial charge in [-0.1, -0.05) is 24.5 Å². The maximum Gasteiger partial charge on any atom is 0.224 e. The molecule has 2 saturated carbocycles. The van der Waals surface area contributed by atoms with Crippen molar-refractivity contribution in [3.63, 3.8) is 0 Å². The Labute approximate surface area is 130 Å². The van der Waals surface area contributed by atoms with Gasteiger partial charge in [-0.3, -0.25) is 4.79 Å². The fourth-order valence-electron chi connectivity index (χ4n) is 3.74. The van der Waals surface area contributed by atoms with Crippen LogP contribution in [0.15, 0.2) is 0 Å². The van der Waals surface area contributed by atoms with E-state index in [2.05, 4.69) is 25.9 Å². The summed E-state index contributed by atoms with van der Waals surface area (Å²) < 4.78 is 0. The van der Waals surface area contributed by atoms with Crippen LogP contribution in [0, 0.1) is 11.8 Å². The van der Waals surface area contributed by atoms with Gasteiger partial charge in [-0.15, -0.1) is 22.6 Å². The third kappa shape index (κ3) is 3.03. The van der Waals surface area contributed by atoms with Gasteiger partial charge in [0.25, 0.3) is 0 Å². The first kappa shape index (κ1) is 16.2. The molecule has 0 unspecified atom stereocenters. The number of carbonyl (C=O) groups is 1. The first-order chi connectivity index (χ1) is 9.75. The minimum atomic E-state index is -0.425. The Hall–Kier alpha value is -1.21. The quantitative estimate of drug-likeness (QED) is 0.764. The molecule has 2 aliphatic carbocycles. The van der Waals surface area contributed by atoms with Crippen molar-refractivity contribution >= 4 is 18.3 Å². The van der Waals surface area contributed by atoms with Gasteiger partial charge in [0.1, 0.15) is 5.54 Å². The van der Waals surface area contributed by atoms with Crippen molar-refractivity contribution < 1.29 is 4.79 Å². The minimum absolute atomic E-state index is 0. The fourth-order valence-corrected chi connectivity index (χ4v) is 3.74. The van der Waals surface area contributed by atoms with Crippen LogP contribution < -0.4 is 11.1 Å². The van der Waals surface area contributed by atoms with Crippen LogP contribution in [-0.2, 0) is 10.3 Å². The second-order valence-corrected chi connectivity index (χ2v) is 6.05. The predicted molar refractivity (Wildman–Crippen MR) is 79.6 cm³/mol. The van der Waals surface area contributed by atoms with E-state index in [1.807, 2.05) is 0 Å². The number of hydrogen-bond donors (Lipinski definition) is 3. The summed E-state index contributed by atoms with van der Waals surface area (Å²) in [6.07, 6.45) is 7.03. The van der Waals surface area contributed by atoms with Crippen LogP contribution in [0.5, 0.6) is 0 Å². The van der Waals surface area contributed by atoms with E-state index in [1.165, 1.54) is 0 Å². The topological polar surface area (TPSA) is 110 Å². The van der Waals surface area contributed by atoms with E-state index >= 15 is 0 Å². The zero-order chi connectivity index (χ0) is 14.0. The number of aromatic amines is 1. The number of H-pyrrole nitrogens is 1. The third-order valence-electron chi connectivity index (χ3n) is 4.89. The molecule has 4 N–H and O–H groups in total. The van der Waals surface area contributed by atoms with E-state index in [9.17, 15) is 4.79 Å². The van der Waals surface area contributed by atoms with Gasteiger partial charge in [0.2, 0.25) is 5.91 Å². The largest absolute Gasteiger partial charge is 0.343 e. The lowest BCUT2D eigenvalue weighted by atomic mass is 9.91. The second kappa shape index (κ2) is 6.70. The monoisotopic (exact) mass is 314 g/mol. The lowest BCUT2D eigenvalue weighted by Gasteiger charge is -2.29. The van der Waals surface area contributed by atoms with Crippen LogP contribution in [0.4, 0.5) is 0 Å². The van der Waals surface area contributed by atoms with Gasteiger partial charge in [-0.05, 0) is 38.1 Å². The Kier molecular flexibility index (Phi) is 5.16. The van der Waals surface area contributed by atoms with E-state index < -0.39 is 5.54 Å². The molecule has 2 fully saturated rings. The molecule has 0 aromatic carbocycles. The Bertz CT molecular complexity index is 459. The number of nitrogens with zero attached hydrogens (tertiary/aromatic N) is 3. The summed E-state index contributed by atoms with van der Waals surface area (Å²) >= 11 is 0. The van der Waals surface area contributed by atoms with Gasteiger partial charge < -0.3 is 11.1 Å². The number of halogens is 1. The van der Waals surface area contributed by atoms with Gasteiger partial charge in [0.15, 0.2) is 5.82 Å². The van der Waals surface area contributed by atoms with Crippen LogP contribution in [0.25, 0.3) is 0 Å². The van der Waals surface area contributed by atoms with Gasteiger partial charge in [0.05, 0.1) is 0 Å². The molecule has 0 radical (unpaired) electrons.